The molecule has 1 aliphatic rings. The minimum atomic E-state index is -0.471. The normalized spacial score (nSPS) is 13.2. The summed E-state index contributed by atoms with van der Waals surface area (Å²) in [6.07, 6.45) is 3.09. The molecule has 0 aliphatic carbocycles. The van der Waals surface area contributed by atoms with Crippen LogP contribution in [0.2, 0.25) is 0 Å². The molecule has 162 valence electrons. The molecule has 0 fully saturated rings. The number of carbonyl (C=O) groups excluding carboxylic acids is 2. The van der Waals surface area contributed by atoms with Crippen molar-refractivity contribution in [2.75, 3.05) is 13.2 Å². The number of hydrogen-bond acceptors (Lipinski definition) is 6. The molecular weight excluding hydrogens is 396 g/mol. The van der Waals surface area contributed by atoms with Gasteiger partial charge in [0, 0.05) is 37.5 Å². The molecule has 9 heteroatoms. The van der Waals surface area contributed by atoms with E-state index in [0.717, 1.165) is 29.1 Å². The van der Waals surface area contributed by atoms with E-state index in [1.807, 2.05) is 35.9 Å². The molecule has 3 aromatic heterocycles. The zero-order valence-corrected chi connectivity index (χ0v) is 18.0. The Bertz CT molecular complexity index is 1100. The van der Waals surface area contributed by atoms with Crippen LogP contribution in [0.4, 0.5) is 0 Å². The fourth-order valence-corrected chi connectivity index (χ4v) is 3.87. The molecule has 4 rings (SSSR count). The second kappa shape index (κ2) is 8.71. The van der Waals surface area contributed by atoms with Crippen LogP contribution in [-0.2, 0) is 37.7 Å². The Morgan fingerprint density at radius 3 is 2.68 bits per heavy atom. The Morgan fingerprint density at radius 1 is 1.16 bits per heavy atom. The van der Waals surface area contributed by atoms with Crippen molar-refractivity contribution in [3.63, 3.8) is 0 Å². The summed E-state index contributed by atoms with van der Waals surface area (Å²) in [7, 11) is 1.77. The van der Waals surface area contributed by atoms with Crippen molar-refractivity contribution < 1.29 is 14.3 Å². The van der Waals surface area contributed by atoms with Crippen LogP contribution < -0.4 is 0 Å². The van der Waals surface area contributed by atoms with E-state index in [0.29, 0.717) is 31.7 Å². The summed E-state index contributed by atoms with van der Waals surface area (Å²) in [6.45, 7) is 5.33. The molecule has 0 saturated heterocycles. The molecule has 3 aromatic rings. The predicted octanol–water partition coefficient (Wildman–Crippen LogP) is 2.00. The summed E-state index contributed by atoms with van der Waals surface area (Å²) < 4.78 is 8.66. The Morgan fingerprint density at radius 2 is 2.00 bits per heavy atom. The molecule has 0 N–H and O–H groups in total. The highest BCUT2D eigenvalue weighted by molar-refractivity contribution is 5.93. The maximum Gasteiger partial charge on any atom is 0.359 e. The summed E-state index contributed by atoms with van der Waals surface area (Å²) in [4.78, 5) is 31.9. The van der Waals surface area contributed by atoms with Crippen LogP contribution in [-0.4, -0.2) is 54.5 Å². The average molecular weight is 422 g/mol. The van der Waals surface area contributed by atoms with E-state index in [1.54, 1.807) is 29.7 Å². The van der Waals surface area contributed by atoms with Gasteiger partial charge in [-0.2, -0.15) is 10.2 Å². The van der Waals surface area contributed by atoms with E-state index in [4.69, 9.17) is 4.74 Å². The van der Waals surface area contributed by atoms with Gasteiger partial charge in [-0.25, -0.2) is 4.79 Å². The first-order chi connectivity index (χ1) is 15.0. The van der Waals surface area contributed by atoms with Crippen molar-refractivity contribution in [1.29, 1.82) is 0 Å². The number of nitrogens with zero attached hydrogens (tertiary/aromatic N) is 6. The summed E-state index contributed by atoms with van der Waals surface area (Å²) in [5, 5.41) is 8.94. The second-order valence-electron chi connectivity index (χ2n) is 7.45. The Labute approximate surface area is 180 Å². The first kappa shape index (κ1) is 20.8. The molecule has 1 aliphatic heterocycles. The molecule has 0 aromatic carbocycles. The van der Waals surface area contributed by atoms with Gasteiger partial charge in [-0.05, 0) is 31.5 Å². The molecule has 0 saturated carbocycles. The lowest BCUT2D eigenvalue weighted by Gasteiger charge is -2.27. The number of aryl methyl sites for hydroxylation is 2. The van der Waals surface area contributed by atoms with Crippen molar-refractivity contribution in [2.24, 2.45) is 7.05 Å². The van der Waals surface area contributed by atoms with Crippen molar-refractivity contribution in [3.05, 3.63) is 64.5 Å². The smallest absolute Gasteiger partial charge is 0.359 e. The van der Waals surface area contributed by atoms with Gasteiger partial charge in [-0.3, -0.25) is 19.1 Å². The van der Waals surface area contributed by atoms with Gasteiger partial charge in [0.1, 0.15) is 5.69 Å². The molecular formula is C22H26N6O3. The number of aromatic nitrogens is 5. The van der Waals surface area contributed by atoms with Crippen LogP contribution >= 0.6 is 0 Å². The number of hydrogen-bond donors (Lipinski definition) is 0. The third kappa shape index (κ3) is 4.08. The molecule has 0 radical (unpaired) electrons. The van der Waals surface area contributed by atoms with Crippen LogP contribution in [0.5, 0.6) is 0 Å². The lowest BCUT2D eigenvalue weighted by molar-refractivity contribution is 0.0512. The number of carbonyl (C=O) groups is 2. The lowest BCUT2D eigenvalue weighted by atomic mass is 10.0. The zero-order chi connectivity index (χ0) is 22.0. The first-order valence-corrected chi connectivity index (χ1v) is 10.5. The van der Waals surface area contributed by atoms with Crippen molar-refractivity contribution >= 4 is 11.9 Å². The predicted molar refractivity (Wildman–Crippen MR) is 113 cm³/mol. The number of rotatable bonds is 6. The highest BCUT2D eigenvalue weighted by Gasteiger charge is 2.32. The van der Waals surface area contributed by atoms with Gasteiger partial charge >= 0.3 is 5.97 Å². The summed E-state index contributed by atoms with van der Waals surface area (Å²) in [6, 6.07) is 7.53. The summed E-state index contributed by atoms with van der Waals surface area (Å²) in [5.41, 5.74) is 4.22. The SMILES string of the molecule is CCOC(=O)c1nn(Cc2ccccn2)c2c1CN(C(=O)c1cc(CC)nn1C)CC2. The molecule has 0 atom stereocenters. The topological polar surface area (TPSA) is 95.1 Å². The molecule has 31 heavy (non-hydrogen) atoms. The second-order valence-corrected chi connectivity index (χ2v) is 7.45. The molecule has 0 unspecified atom stereocenters. The van der Waals surface area contributed by atoms with Crippen molar-refractivity contribution in [3.8, 4) is 0 Å². The fraction of sp³-hybridized carbons (Fsp3) is 0.409. The lowest BCUT2D eigenvalue weighted by Crippen LogP contribution is -2.37. The zero-order valence-electron chi connectivity index (χ0n) is 18.0. The Balaban J connectivity index is 1.65. The van der Waals surface area contributed by atoms with E-state index in [-0.39, 0.29) is 18.2 Å². The van der Waals surface area contributed by atoms with Crippen LogP contribution in [0.25, 0.3) is 0 Å². The van der Waals surface area contributed by atoms with E-state index < -0.39 is 5.97 Å². The van der Waals surface area contributed by atoms with Gasteiger partial charge in [-0.15, -0.1) is 0 Å². The van der Waals surface area contributed by atoms with Gasteiger partial charge in [0.05, 0.1) is 31.1 Å². The van der Waals surface area contributed by atoms with E-state index in [2.05, 4.69) is 15.2 Å². The van der Waals surface area contributed by atoms with Crippen molar-refractivity contribution in [1.82, 2.24) is 29.4 Å². The quantitative estimate of drug-likeness (QED) is 0.564. The number of esters is 1. The molecule has 0 spiro atoms. The summed E-state index contributed by atoms with van der Waals surface area (Å²) >= 11 is 0. The minimum Gasteiger partial charge on any atom is -0.461 e. The highest BCUT2D eigenvalue weighted by Crippen LogP contribution is 2.25. The number of amides is 1. The Kier molecular flexibility index (Phi) is 5.83. The van der Waals surface area contributed by atoms with Crippen LogP contribution in [0.1, 0.15) is 57.5 Å². The van der Waals surface area contributed by atoms with Gasteiger partial charge in [0.25, 0.3) is 5.91 Å². The Hall–Kier alpha value is -3.49. The maximum atomic E-state index is 13.2. The van der Waals surface area contributed by atoms with Crippen LogP contribution in [0.3, 0.4) is 0 Å². The van der Waals surface area contributed by atoms with Crippen LogP contribution in [0, 0.1) is 0 Å². The summed E-state index contributed by atoms with van der Waals surface area (Å²) in [5.74, 6) is -0.575. The van der Waals surface area contributed by atoms with E-state index in [9.17, 15) is 9.59 Å². The number of ether oxygens (including phenoxy) is 1. The first-order valence-electron chi connectivity index (χ1n) is 10.5. The highest BCUT2D eigenvalue weighted by atomic mass is 16.5. The van der Waals surface area contributed by atoms with Crippen molar-refractivity contribution in [2.45, 2.75) is 39.8 Å². The fourth-order valence-electron chi connectivity index (χ4n) is 3.87. The van der Waals surface area contributed by atoms with Gasteiger partial charge in [-0.1, -0.05) is 13.0 Å². The third-order valence-corrected chi connectivity index (χ3v) is 5.44. The molecule has 1 amide bonds. The number of pyridine rings is 1. The molecule has 9 nitrogen and oxygen atoms in total. The van der Waals surface area contributed by atoms with Crippen LogP contribution in [0.15, 0.2) is 30.5 Å². The number of fused-ring (bicyclic) bond motifs is 1. The average Bonchev–Trinajstić information content (AvgIpc) is 3.34. The van der Waals surface area contributed by atoms with Gasteiger partial charge < -0.3 is 9.64 Å². The van der Waals surface area contributed by atoms with Gasteiger partial charge in [0.15, 0.2) is 5.69 Å². The minimum absolute atomic E-state index is 0.104. The standard InChI is InChI=1S/C22H26N6O3/c1-4-15-12-19(26(3)24-15)21(29)27-11-9-18-17(14-27)20(22(30)31-5-2)25-28(18)13-16-8-6-7-10-23-16/h6-8,10,12H,4-5,9,11,13-14H2,1-3H3. The third-order valence-electron chi connectivity index (χ3n) is 5.44. The van der Waals surface area contributed by atoms with Gasteiger partial charge in [0.2, 0.25) is 0 Å². The molecule has 4 heterocycles. The van der Waals surface area contributed by atoms with E-state index >= 15 is 0 Å². The maximum absolute atomic E-state index is 13.2. The van der Waals surface area contributed by atoms with E-state index in [1.165, 1.54) is 0 Å². The largest absolute Gasteiger partial charge is 0.461 e. The molecule has 0 bridgehead atoms. The monoisotopic (exact) mass is 422 g/mol.